The minimum Gasteiger partial charge on any atom is -0.748 e. The van der Waals surface area contributed by atoms with Gasteiger partial charge >= 0.3 is 5.69 Å². The molecule has 0 aliphatic heterocycles. The SMILES string of the molecule is CCCCCCCCCCCCS(=O)(=O)[O-].O=[N+]([O-])c1ccc(-[n+]2ccc(-c3ccccc3)cc2)c([N+](=O)[O-])c1. The van der Waals surface area contributed by atoms with Gasteiger partial charge in [0.2, 0.25) is 0 Å². The third kappa shape index (κ3) is 12.0. The number of non-ortho nitro benzene ring substituents is 1. The van der Waals surface area contributed by atoms with Crippen molar-refractivity contribution >= 4 is 21.5 Å². The number of rotatable bonds is 15. The monoisotopic (exact) mass is 571 g/mol. The topological polar surface area (TPSA) is 147 Å². The maximum absolute atomic E-state index is 11.2. The lowest BCUT2D eigenvalue weighted by Gasteiger charge is -2.05. The van der Waals surface area contributed by atoms with E-state index in [1.54, 1.807) is 17.0 Å². The number of aromatic nitrogens is 1. The molecule has 0 saturated carbocycles. The maximum Gasteiger partial charge on any atom is 0.347 e. The molecule has 10 nitrogen and oxygen atoms in total. The normalized spacial score (nSPS) is 10.9. The van der Waals surface area contributed by atoms with Gasteiger partial charge in [0.15, 0.2) is 12.4 Å². The first-order chi connectivity index (χ1) is 19.1. The summed E-state index contributed by atoms with van der Waals surface area (Å²) < 4.78 is 32.5. The average molecular weight is 572 g/mol. The van der Waals surface area contributed by atoms with Crippen LogP contribution >= 0.6 is 0 Å². The lowest BCUT2D eigenvalue weighted by atomic mass is 10.1. The molecule has 0 N–H and O–H groups in total. The Hall–Kier alpha value is -3.70. The zero-order chi connectivity index (χ0) is 29.4. The van der Waals surface area contributed by atoms with Gasteiger partial charge in [0.1, 0.15) is 6.07 Å². The molecular formula is C29H37N3O7S. The zero-order valence-electron chi connectivity index (χ0n) is 22.8. The summed E-state index contributed by atoms with van der Waals surface area (Å²) in [7, 11) is -3.98. The number of unbranched alkanes of at least 4 members (excludes halogenated alkanes) is 9. The van der Waals surface area contributed by atoms with E-state index in [4.69, 9.17) is 0 Å². The second-order valence-corrected chi connectivity index (χ2v) is 11.0. The first-order valence-corrected chi connectivity index (χ1v) is 15.1. The van der Waals surface area contributed by atoms with Crippen LogP contribution in [-0.4, -0.2) is 28.6 Å². The highest BCUT2D eigenvalue weighted by molar-refractivity contribution is 7.85. The van der Waals surface area contributed by atoms with Gasteiger partial charge in [-0.3, -0.25) is 20.2 Å². The Balaban J connectivity index is 0.000000307. The molecule has 0 saturated heterocycles. The van der Waals surface area contributed by atoms with E-state index in [-0.39, 0.29) is 22.8 Å². The largest absolute Gasteiger partial charge is 0.748 e. The maximum atomic E-state index is 11.2. The second-order valence-electron chi connectivity index (χ2n) is 9.49. The Morgan fingerprint density at radius 3 is 1.73 bits per heavy atom. The van der Waals surface area contributed by atoms with Gasteiger partial charge in [0, 0.05) is 30.0 Å². The van der Waals surface area contributed by atoms with Crippen LogP contribution in [0, 0.1) is 20.2 Å². The molecule has 216 valence electrons. The summed E-state index contributed by atoms with van der Waals surface area (Å²) in [5.74, 6) is -0.191. The van der Waals surface area contributed by atoms with Gasteiger partial charge in [-0.1, -0.05) is 95.0 Å². The van der Waals surface area contributed by atoms with E-state index >= 15 is 0 Å². The average Bonchev–Trinajstić information content (AvgIpc) is 2.94. The van der Waals surface area contributed by atoms with Crippen LogP contribution in [0.2, 0.25) is 0 Å². The molecule has 0 atom stereocenters. The molecule has 0 aliphatic carbocycles. The fourth-order valence-electron chi connectivity index (χ4n) is 4.17. The first kappa shape index (κ1) is 32.5. The zero-order valence-corrected chi connectivity index (χ0v) is 23.6. The fraction of sp³-hybridized carbons (Fsp3) is 0.414. The van der Waals surface area contributed by atoms with Gasteiger partial charge in [-0.05, 0) is 17.5 Å². The van der Waals surface area contributed by atoms with Crippen LogP contribution < -0.4 is 4.57 Å². The van der Waals surface area contributed by atoms with Crippen LogP contribution in [0.5, 0.6) is 0 Å². The molecule has 0 amide bonds. The molecule has 2 aromatic carbocycles. The first-order valence-electron chi connectivity index (χ1n) is 13.6. The summed E-state index contributed by atoms with van der Waals surface area (Å²) in [6.45, 7) is 2.21. The third-order valence-corrected chi connectivity index (χ3v) is 7.12. The van der Waals surface area contributed by atoms with E-state index in [1.165, 1.54) is 57.1 Å². The quantitative estimate of drug-likeness (QED) is 0.0633. The standard InChI is InChI=1S/C17H12N3O4.C12H26O3S/c21-19(22)15-6-7-16(17(12-15)20(23)24)18-10-8-14(9-11-18)13-4-2-1-3-5-13;1-2-3-4-5-6-7-8-9-10-11-12-16(13,14)15/h1-12H;2-12H2,1H3,(H,13,14,15)/q+1;/p-1. The summed E-state index contributed by atoms with van der Waals surface area (Å²) >= 11 is 0. The van der Waals surface area contributed by atoms with Gasteiger partial charge in [-0.2, -0.15) is 4.57 Å². The summed E-state index contributed by atoms with van der Waals surface area (Å²) in [5, 5.41) is 22.0. The lowest BCUT2D eigenvalue weighted by Crippen LogP contribution is -2.30. The molecule has 0 aliphatic rings. The Labute approximate surface area is 235 Å². The van der Waals surface area contributed by atoms with Crippen molar-refractivity contribution in [2.24, 2.45) is 0 Å². The summed E-state index contributed by atoms with van der Waals surface area (Å²) in [6.07, 6.45) is 14.8. The lowest BCUT2D eigenvalue weighted by molar-refractivity contribution is -0.600. The van der Waals surface area contributed by atoms with Crippen molar-refractivity contribution in [2.45, 2.75) is 71.1 Å². The van der Waals surface area contributed by atoms with Crippen molar-refractivity contribution in [1.29, 1.82) is 0 Å². The summed E-state index contributed by atoms with van der Waals surface area (Å²) in [5.41, 5.74) is 1.64. The van der Waals surface area contributed by atoms with E-state index in [9.17, 15) is 33.2 Å². The van der Waals surface area contributed by atoms with Crippen molar-refractivity contribution in [1.82, 2.24) is 0 Å². The molecule has 0 fully saturated rings. The number of hydrogen-bond acceptors (Lipinski definition) is 7. The molecule has 11 heteroatoms. The van der Waals surface area contributed by atoms with E-state index in [0.717, 1.165) is 30.0 Å². The van der Waals surface area contributed by atoms with Crippen LogP contribution in [0.15, 0.2) is 73.1 Å². The van der Waals surface area contributed by atoms with Crippen LogP contribution in [0.4, 0.5) is 11.4 Å². The predicted molar refractivity (Wildman–Crippen MR) is 153 cm³/mol. The molecule has 1 aromatic heterocycles. The van der Waals surface area contributed by atoms with Gasteiger partial charge in [0.05, 0.1) is 20.0 Å². The fourth-order valence-corrected chi connectivity index (χ4v) is 4.72. The number of benzene rings is 2. The molecule has 3 aromatic rings. The summed E-state index contributed by atoms with van der Waals surface area (Å²) in [6, 6.07) is 17.0. The highest BCUT2D eigenvalue weighted by Gasteiger charge is 2.26. The molecular weight excluding hydrogens is 534 g/mol. The van der Waals surface area contributed by atoms with Gasteiger partial charge in [-0.15, -0.1) is 0 Å². The van der Waals surface area contributed by atoms with Gasteiger partial charge < -0.3 is 4.55 Å². The van der Waals surface area contributed by atoms with Crippen LogP contribution in [-0.2, 0) is 10.1 Å². The van der Waals surface area contributed by atoms with Gasteiger partial charge in [-0.25, -0.2) is 8.42 Å². The number of nitro benzene ring substituents is 2. The van der Waals surface area contributed by atoms with E-state index < -0.39 is 20.0 Å². The number of pyridine rings is 1. The van der Waals surface area contributed by atoms with E-state index in [2.05, 4.69) is 6.92 Å². The third-order valence-electron chi connectivity index (χ3n) is 6.33. The van der Waals surface area contributed by atoms with Crippen molar-refractivity contribution in [2.75, 3.05) is 5.75 Å². The minimum atomic E-state index is -3.98. The van der Waals surface area contributed by atoms with E-state index in [0.29, 0.717) is 6.42 Å². The Bertz CT molecular complexity index is 1320. The molecule has 3 rings (SSSR count). The molecule has 0 unspecified atom stereocenters. The van der Waals surface area contributed by atoms with Crippen LogP contribution in [0.25, 0.3) is 16.8 Å². The number of nitrogens with zero attached hydrogens (tertiary/aromatic N) is 3. The Morgan fingerprint density at radius 2 is 1.23 bits per heavy atom. The summed E-state index contributed by atoms with van der Waals surface area (Å²) in [4.78, 5) is 20.8. The minimum absolute atomic E-state index is 0.191. The highest BCUT2D eigenvalue weighted by Crippen LogP contribution is 2.25. The van der Waals surface area contributed by atoms with Gasteiger partial charge in [0.25, 0.3) is 11.4 Å². The molecule has 40 heavy (non-hydrogen) atoms. The van der Waals surface area contributed by atoms with Crippen molar-refractivity contribution in [3.8, 4) is 16.8 Å². The molecule has 0 bridgehead atoms. The van der Waals surface area contributed by atoms with Crippen molar-refractivity contribution in [3.63, 3.8) is 0 Å². The number of hydrogen-bond donors (Lipinski definition) is 0. The molecule has 0 spiro atoms. The van der Waals surface area contributed by atoms with Crippen molar-refractivity contribution in [3.05, 3.63) is 93.3 Å². The van der Waals surface area contributed by atoms with Crippen LogP contribution in [0.3, 0.4) is 0 Å². The van der Waals surface area contributed by atoms with Crippen molar-refractivity contribution < 1.29 is 27.4 Å². The Morgan fingerprint density at radius 1 is 0.700 bits per heavy atom. The van der Waals surface area contributed by atoms with Crippen LogP contribution in [0.1, 0.15) is 71.1 Å². The highest BCUT2D eigenvalue weighted by atomic mass is 32.2. The second kappa shape index (κ2) is 17.1. The Kier molecular flexibility index (Phi) is 13.9. The molecule has 0 radical (unpaired) electrons. The van der Waals surface area contributed by atoms with E-state index in [1.807, 2.05) is 42.5 Å². The number of nitro groups is 2. The smallest absolute Gasteiger partial charge is 0.347 e. The predicted octanol–water partition coefficient (Wildman–Crippen LogP) is 6.90. The molecule has 1 heterocycles.